The number of benzene rings is 3. The number of thiophene rings is 1. The summed E-state index contributed by atoms with van der Waals surface area (Å²) in [5.74, 6) is -2.73. The van der Waals surface area contributed by atoms with Crippen LogP contribution in [-0.2, 0) is 19.1 Å². The van der Waals surface area contributed by atoms with Gasteiger partial charge in [0.05, 0.1) is 60.5 Å². The number of aryl methyl sites for hydroxylation is 1. The summed E-state index contributed by atoms with van der Waals surface area (Å²) in [5, 5.41) is 5.31. The monoisotopic (exact) mass is 1080 g/mol. The standard InChI is InChI=1S/C56H66F4N10O6S/c1-28(2)48(65-55(73)75-6)53(71)68-18-8-10-45(68)51-61-39-24-33(35(57)26-41(39)63-51)43-13-14-44(70(43)32-22-37(59)50(38(60)23-32)67-20-16-31(17-21-67)47-15-12-30(5)77-47)34-25-40-42(27-36(34)58)64-52(62-40)46-11-9-19-69(46)54(72)49(29(3)4)66-56(74)76-7/h12,15,22-29,31,43-46,48-49H,8-11,13-14,16-21H2,1-7H3,(H,61,63)(H,62,64)(H,65,73)(H,66,74)/t43-,44-,45+,46+,48+,49+/m1/s1. The number of likely N-dealkylation sites (tertiary alicyclic amines) is 2. The Hall–Kier alpha value is -6.90. The molecule has 0 radical (unpaired) electrons. The molecule has 4 aliphatic rings. The maximum atomic E-state index is 17.0. The van der Waals surface area contributed by atoms with Gasteiger partial charge in [-0.15, -0.1) is 11.3 Å². The number of hydrogen-bond donors (Lipinski definition) is 4. The first-order valence-corrected chi connectivity index (χ1v) is 27.5. The van der Waals surface area contributed by atoms with Crippen LogP contribution in [-0.4, -0.2) is 106 Å². The second-order valence-electron chi connectivity index (χ2n) is 21.6. The van der Waals surface area contributed by atoms with Gasteiger partial charge in [-0.3, -0.25) is 9.59 Å². The van der Waals surface area contributed by atoms with Crippen molar-refractivity contribution in [2.45, 2.75) is 128 Å². The zero-order valence-corrected chi connectivity index (χ0v) is 45.2. The molecule has 21 heteroatoms. The molecule has 4 saturated heterocycles. The van der Waals surface area contributed by atoms with E-state index in [1.54, 1.807) is 43.1 Å². The number of carbonyl (C=O) groups is 4. The Morgan fingerprint density at radius 3 is 1.51 bits per heavy atom. The van der Waals surface area contributed by atoms with E-state index in [1.165, 1.54) is 48.2 Å². The van der Waals surface area contributed by atoms with Crippen molar-refractivity contribution in [3.63, 3.8) is 0 Å². The fourth-order valence-corrected chi connectivity index (χ4v) is 13.2. The molecule has 3 aromatic heterocycles. The van der Waals surface area contributed by atoms with Gasteiger partial charge in [0, 0.05) is 52.7 Å². The predicted molar refractivity (Wildman–Crippen MR) is 285 cm³/mol. The third kappa shape index (κ3) is 10.4. The fourth-order valence-electron chi connectivity index (χ4n) is 12.2. The number of rotatable bonds is 13. The number of piperidine rings is 1. The first-order valence-electron chi connectivity index (χ1n) is 26.7. The van der Waals surface area contributed by atoms with Crippen molar-refractivity contribution in [3.05, 3.63) is 104 Å². The summed E-state index contributed by atoms with van der Waals surface area (Å²) in [7, 11) is 2.46. The largest absolute Gasteiger partial charge is 0.453 e. The summed E-state index contributed by atoms with van der Waals surface area (Å²) in [6.07, 6.45) is 3.00. The minimum Gasteiger partial charge on any atom is -0.453 e. The first-order chi connectivity index (χ1) is 36.9. The van der Waals surface area contributed by atoms with Crippen molar-refractivity contribution < 1.29 is 46.2 Å². The number of fused-ring (bicyclic) bond motifs is 2. The Bertz CT molecular complexity index is 3030. The molecule has 0 saturated carbocycles. The second kappa shape index (κ2) is 21.9. The van der Waals surface area contributed by atoms with Gasteiger partial charge < -0.3 is 49.7 Å². The zero-order valence-electron chi connectivity index (χ0n) is 44.4. The maximum Gasteiger partial charge on any atom is 0.407 e. The topological polar surface area (TPSA) is 181 Å². The molecular weight excluding hydrogens is 1020 g/mol. The Balaban J connectivity index is 0.994. The van der Waals surface area contributed by atoms with Crippen LogP contribution in [0.4, 0.5) is 38.5 Å². The molecule has 0 aliphatic carbocycles. The number of aromatic nitrogens is 4. The highest BCUT2D eigenvalue weighted by Crippen LogP contribution is 2.50. The quantitative estimate of drug-likeness (QED) is 0.0813. The van der Waals surface area contributed by atoms with Gasteiger partial charge in [0.25, 0.3) is 0 Å². The molecule has 0 bridgehead atoms. The van der Waals surface area contributed by atoms with Crippen molar-refractivity contribution in [2.75, 3.05) is 50.2 Å². The van der Waals surface area contributed by atoms with Crippen molar-refractivity contribution in [2.24, 2.45) is 11.8 Å². The molecule has 0 spiro atoms. The summed E-state index contributed by atoms with van der Waals surface area (Å²) >= 11 is 1.74. The first kappa shape index (κ1) is 53.5. The minimum absolute atomic E-state index is 0.102. The van der Waals surface area contributed by atoms with Crippen molar-refractivity contribution in [1.82, 2.24) is 40.4 Å². The van der Waals surface area contributed by atoms with Gasteiger partial charge in [0.15, 0.2) is 11.6 Å². The molecule has 6 aromatic rings. The van der Waals surface area contributed by atoms with E-state index in [0.717, 1.165) is 12.8 Å². The SMILES string of the molecule is COC(=O)N[C@H](C(=O)N1CCC[C@H]1c1nc2cc([C@H]3CC[C@H](c4cc5nc([C@@H]6CCCN6C(=O)[C@@H](NC(=O)OC)C(C)C)[nH]c5cc4F)N3c3cc(F)c(N4CCC(c5ccc(C)s5)CC4)c(F)c3)c(F)cc2[nH]1)C(C)C. The van der Waals surface area contributed by atoms with Crippen LogP contribution in [0.2, 0.25) is 0 Å². The number of H-pyrrole nitrogens is 2. The van der Waals surface area contributed by atoms with Crippen LogP contribution in [0, 0.1) is 42.0 Å². The molecule has 77 heavy (non-hydrogen) atoms. The maximum absolute atomic E-state index is 17.0. The van der Waals surface area contributed by atoms with E-state index < -0.39 is 71.7 Å². The number of aromatic amines is 2. The number of hydrogen-bond acceptors (Lipinski definition) is 11. The Labute approximate surface area is 448 Å². The molecule has 410 valence electrons. The van der Waals surface area contributed by atoms with Gasteiger partial charge in [0.1, 0.15) is 41.1 Å². The number of imidazole rings is 2. The van der Waals surface area contributed by atoms with Crippen LogP contribution >= 0.6 is 11.3 Å². The van der Waals surface area contributed by atoms with Crippen molar-refractivity contribution >= 4 is 68.8 Å². The average Bonchev–Trinajstić information content (AvgIpc) is 4.36. The van der Waals surface area contributed by atoms with Crippen LogP contribution in [0.5, 0.6) is 0 Å². The molecule has 0 unspecified atom stereocenters. The number of anilines is 2. The molecule has 4 aliphatic heterocycles. The van der Waals surface area contributed by atoms with Gasteiger partial charge >= 0.3 is 12.2 Å². The van der Waals surface area contributed by atoms with Crippen molar-refractivity contribution in [1.29, 1.82) is 0 Å². The lowest BCUT2D eigenvalue weighted by molar-refractivity contribution is -0.136. The molecule has 4 N–H and O–H groups in total. The van der Waals surface area contributed by atoms with E-state index in [-0.39, 0.29) is 64.9 Å². The molecule has 6 atom stereocenters. The summed E-state index contributed by atoms with van der Waals surface area (Å²) in [5.41, 5.74) is 1.89. The lowest BCUT2D eigenvalue weighted by Crippen LogP contribution is -2.51. The molecule has 10 rings (SSSR count). The molecule has 16 nitrogen and oxygen atoms in total. The highest BCUT2D eigenvalue weighted by atomic mass is 32.1. The van der Waals surface area contributed by atoms with Crippen LogP contribution in [0.1, 0.15) is 142 Å². The molecule has 4 amide bonds. The normalized spacial score (nSPS) is 21.0. The second-order valence-corrected chi connectivity index (χ2v) is 22.9. The summed E-state index contributed by atoms with van der Waals surface area (Å²) in [4.78, 5) is 78.0. The number of halogens is 4. The summed E-state index contributed by atoms with van der Waals surface area (Å²) in [6.45, 7) is 11.1. The highest BCUT2D eigenvalue weighted by molar-refractivity contribution is 7.12. The van der Waals surface area contributed by atoms with Crippen LogP contribution in [0.25, 0.3) is 22.1 Å². The molecule has 4 fully saturated rings. The van der Waals surface area contributed by atoms with E-state index in [0.29, 0.717) is 85.6 Å². The Morgan fingerprint density at radius 1 is 0.623 bits per heavy atom. The van der Waals surface area contributed by atoms with Gasteiger partial charge in [-0.2, -0.15) is 0 Å². The van der Waals surface area contributed by atoms with E-state index in [1.807, 2.05) is 27.7 Å². The predicted octanol–water partition coefficient (Wildman–Crippen LogP) is 10.9. The van der Waals surface area contributed by atoms with E-state index in [4.69, 9.17) is 19.4 Å². The Morgan fingerprint density at radius 2 is 1.09 bits per heavy atom. The van der Waals surface area contributed by atoms with Crippen LogP contribution in [0.3, 0.4) is 0 Å². The van der Waals surface area contributed by atoms with Crippen molar-refractivity contribution in [3.8, 4) is 0 Å². The molecule has 3 aromatic carbocycles. The lowest BCUT2D eigenvalue weighted by Gasteiger charge is -2.36. The van der Waals surface area contributed by atoms with Crippen LogP contribution < -0.4 is 20.4 Å². The number of amides is 4. The number of nitrogens with zero attached hydrogens (tertiary/aromatic N) is 6. The van der Waals surface area contributed by atoms with Gasteiger partial charge in [-0.25, -0.2) is 37.1 Å². The van der Waals surface area contributed by atoms with E-state index in [9.17, 15) is 19.2 Å². The lowest BCUT2D eigenvalue weighted by atomic mass is 9.94. The number of nitrogens with one attached hydrogen (secondary N) is 4. The third-order valence-corrected chi connectivity index (χ3v) is 17.3. The number of ether oxygens (including phenoxy) is 2. The van der Waals surface area contributed by atoms with Gasteiger partial charge in [-0.1, -0.05) is 27.7 Å². The summed E-state index contributed by atoms with van der Waals surface area (Å²) in [6, 6.07) is 8.22. The Kier molecular flexibility index (Phi) is 15.2. The summed E-state index contributed by atoms with van der Waals surface area (Å²) < 4.78 is 77.2. The molecule has 7 heterocycles. The van der Waals surface area contributed by atoms with E-state index in [2.05, 4.69) is 39.7 Å². The number of carbonyl (C=O) groups excluding carboxylic acids is 4. The highest BCUT2D eigenvalue weighted by Gasteiger charge is 2.43. The number of methoxy groups -OCH3 is 2. The zero-order chi connectivity index (χ0) is 54.6. The van der Waals surface area contributed by atoms with Gasteiger partial charge in [0.2, 0.25) is 11.8 Å². The average molecular weight is 1080 g/mol. The van der Waals surface area contributed by atoms with Crippen LogP contribution in [0.15, 0.2) is 48.5 Å². The number of alkyl carbamates (subject to hydrolysis) is 2. The third-order valence-electron chi connectivity index (χ3n) is 16.1. The fraction of sp³-hybridized carbons (Fsp3) is 0.500. The molecular formula is C56H66F4N10O6S. The van der Waals surface area contributed by atoms with Gasteiger partial charge in [-0.05, 0) is 125 Å². The smallest absolute Gasteiger partial charge is 0.407 e. The minimum atomic E-state index is -0.857. The van der Waals surface area contributed by atoms with E-state index >= 15 is 17.6 Å².